The van der Waals surface area contributed by atoms with E-state index < -0.39 is 11.9 Å². The Morgan fingerprint density at radius 2 is 1.73 bits per heavy atom. The first-order valence-electron chi connectivity index (χ1n) is 11.8. The molecule has 0 fully saturated rings. The second-order valence-electron chi connectivity index (χ2n) is 9.05. The van der Waals surface area contributed by atoms with Gasteiger partial charge in [0.05, 0.1) is 31.4 Å². The van der Waals surface area contributed by atoms with Crippen LogP contribution in [0.4, 0.5) is 0 Å². The van der Waals surface area contributed by atoms with Crippen LogP contribution in [0.3, 0.4) is 0 Å². The Morgan fingerprint density at radius 1 is 0.973 bits per heavy atom. The van der Waals surface area contributed by atoms with E-state index in [9.17, 15) is 9.59 Å². The van der Waals surface area contributed by atoms with E-state index in [0.717, 1.165) is 16.7 Å². The van der Waals surface area contributed by atoms with Crippen molar-refractivity contribution in [3.05, 3.63) is 110 Å². The van der Waals surface area contributed by atoms with Gasteiger partial charge in [0.15, 0.2) is 17.3 Å². The quantitative estimate of drug-likeness (QED) is 0.368. The zero-order valence-electron chi connectivity index (χ0n) is 21.0. The number of Topliss-reactive ketones (excluding diaryl/α,β-unsaturated/α-hetero) is 1. The van der Waals surface area contributed by atoms with E-state index in [1.54, 1.807) is 13.2 Å². The van der Waals surface area contributed by atoms with Gasteiger partial charge in [0.25, 0.3) is 0 Å². The van der Waals surface area contributed by atoms with Gasteiger partial charge in [0.2, 0.25) is 0 Å². The van der Waals surface area contributed by atoms with Gasteiger partial charge in [0.1, 0.15) is 6.61 Å². The Kier molecular flexibility index (Phi) is 6.65. The van der Waals surface area contributed by atoms with Gasteiger partial charge in [0, 0.05) is 26.9 Å². The van der Waals surface area contributed by atoms with Crippen LogP contribution in [0.15, 0.2) is 82.0 Å². The van der Waals surface area contributed by atoms with Gasteiger partial charge in [-0.2, -0.15) is 0 Å². The third-order valence-corrected chi connectivity index (χ3v) is 7.41. The molecule has 6 nitrogen and oxygen atoms in total. The van der Waals surface area contributed by atoms with Crippen LogP contribution in [0, 0.1) is 6.92 Å². The highest BCUT2D eigenvalue weighted by molar-refractivity contribution is 9.10. The van der Waals surface area contributed by atoms with Gasteiger partial charge in [-0.3, -0.25) is 4.79 Å². The van der Waals surface area contributed by atoms with Crippen LogP contribution in [-0.4, -0.2) is 26.0 Å². The minimum absolute atomic E-state index is 0.123. The van der Waals surface area contributed by atoms with Crippen LogP contribution >= 0.6 is 15.9 Å². The summed E-state index contributed by atoms with van der Waals surface area (Å²) in [5.41, 5.74) is 6.53. The summed E-state index contributed by atoms with van der Waals surface area (Å²) < 4.78 is 17.6. The molecular weight excluding hydrogens is 534 g/mol. The molecule has 3 aromatic carbocycles. The molecule has 0 bridgehead atoms. The van der Waals surface area contributed by atoms with Gasteiger partial charge in [-0.05, 0) is 37.1 Å². The van der Waals surface area contributed by atoms with Crippen molar-refractivity contribution in [1.29, 1.82) is 0 Å². The number of ketones is 1. The van der Waals surface area contributed by atoms with Crippen molar-refractivity contribution >= 4 is 33.4 Å². The van der Waals surface area contributed by atoms with Gasteiger partial charge < -0.3 is 19.5 Å². The minimum Gasteiger partial charge on any atom is -0.493 e. The van der Waals surface area contributed by atoms with Gasteiger partial charge in [-0.15, -0.1) is 0 Å². The van der Waals surface area contributed by atoms with Crippen molar-refractivity contribution in [2.24, 2.45) is 0 Å². The first-order chi connectivity index (χ1) is 17.8. The number of carbonyl (C=O) groups excluding carboxylic acids is 2. The molecule has 0 spiro atoms. The number of esters is 1. The summed E-state index contributed by atoms with van der Waals surface area (Å²) in [6.45, 7) is 4.22. The van der Waals surface area contributed by atoms with Crippen LogP contribution in [-0.2, 0) is 16.1 Å². The lowest BCUT2D eigenvalue weighted by Gasteiger charge is -2.30. The number of hydrogen-bond donors (Lipinski definition) is 1. The predicted molar refractivity (Wildman–Crippen MR) is 144 cm³/mol. The van der Waals surface area contributed by atoms with Crippen molar-refractivity contribution in [2.45, 2.75) is 26.4 Å². The summed E-state index contributed by atoms with van der Waals surface area (Å²) in [5.74, 6) is -0.253. The molecule has 2 aliphatic rings. The number of halogens is 1. The molecule has 5 rings (SSSR count). The number of allylic oxidation sites excluding steroid dienone is 2. The highest BCUT2D eigenvalue weighted by Crippen LogP contribution is 2.50. The zero-order valence-corrected chi connectivity index (χ0v) is 22.6. The van der Waals surface area contributed by atoms with Crippen molar-refractivity contribution in [1.82, 2.24) is 5.32 Å². The Morgan fingerprint density at radius 3 is 2.43 bits per heavy atom. The molecule has 37 heavy (non-hydrogen) atoms. The molecule has 1 atom stereocenters. The second-order valence-corrected chi connectivity index (χ2v) is 9.91. The molecular formula is C30H26BrNO5. The lowest BCUT2D eigenvalue weighted by atomic mass is 9.79. The van der Waals surface area contributed by atoms with E-state index in [1.165, 1.54) is 7.11 Å². The number of hydrogen-bond acceptors (Lipinski definition) is 6. The minimum atomic E-state index is -0.669. The standard InChI is InChI=1S/C30H26BrNO5/c1-16-8-7-9-18(12-16)15-37-24-14-22(31)21(13-23(24)35-3)26-25(30(34)36-4)17(2)32-28-19-10-5-6-11-20(19)29(33)27(26)28/h5-14,26,32H,15H2,1-4H3/t26-/m1/s1. The van der Waals surface area contributed by atoms with Crippen LogP contribution in [0.2, 0.25) is 0 Å². The molecule has 0 unspecified atom stereocenters. The number of ether oxygens (including phenoxy) is 3. The molecule has 7 heteroatoms. The van der Waals surface area contributed by atoms with Crippen molar-refractivity contribution in [3.63, 3.8) is 0 Å². The van der Waals surface area contributed by atoms with Gasteiger partial charge in [-0.1, -0.05) is 70.0 Å². The van der Waals surface area contributed by atoms with E-state index in [-0.39, 0.29) is 5.78 Å². The summed E-state index contributed by atoms with van der Waals surface area (Å²) in [6.07, 6.45) is 0. The first kappa shape index (κ1) is 24.8. The summed E-state index contributed by atoms with van der Waals surface area (Å²) in [4.78, 5) is 26.7. The fraction of sp³-hybridized carbons (Fsp3) is 0.200. The first-order valence-corrected chi connectivity index (χ1v) is 12.6. The number of benzene rings is 3. The molecule has 0 radical (unpaired) electrons. The van der Waals surface area contributed by atoms with Gasteiger partial charge in [-0.25, -0.2) is 4.79 Å². The average Bonchev–Trinajstić information content (AvgIpc) is 3.18. The summed E-state index contributed by atoms with van der Waals surface area (Å²) in [5, 5.41) is 3.30. The molecule has 1 aliphatic heterocycles. The van der Waals surface area contributed by atoms with Gasteiger partial charge >= 0.3 is 5.97 Å². The monoisotopic (exact) mass is 559 g/mol. The maximum atomic E-state index is 13.7. The normalized spacial score (nSPS) is 16.2. The molecule has 0 amide bonds. The number of dihydropyridines is 1. The number of methoxy groups -OCH3 is 2. The molecule has 3 aromatic rings. The molecule has 1 aliphatic carbocycles. The molecule has 0 aromatic heterocycles. The fourth-order valence-electron chi connectivity index (χ4n) is 5.03. The third-order valence-electron chi connectivity index (χ3n) is 6.72. The lowest BCUT2D eigenvalue weighted by molar-refractivity contribution is -0.136. The van der Waals surface area contributed by atoms with Crippen molar-refractivity contribution in [2.75, 3.05) is 14.2 Å². The van der Waals surface area contributed by atoms with Crippen LogP contribution in [0.25, 0.3) is 5.70 Å². The largest absolute Gasteiger partial charge is 0.493 e. The van der Waals surface area contributed by atoms with E-state index in [4.69, 9.17) is 14.2 Å². The molecule has 1 heterocycles. The highest BCUT2D eigenvalue weighted by atomic mass is 79.9. The average molecular weight is 560 g/mol. The van der Waals surface area contributed by atoms with Crippen molar-refractivity contribution < 1.29 is 23.8 Å². The smallest absolute Gasteiger partial charge is 0.336 e. The maximum absolute atomic E-state index is 13.7. The number of rotatable bonds is 6. The molecule has 1 N–H and O–H groups in total. The number of fused-ring (bicyclic) bond motifs is 2. The zero-order chi connectivity index (χ0) is 26.3. The number of aryl methyl sites for hydroxylation is 1. The number of carbonyl (C=O) groups is 2. The van der Waals surface area contributed by atoms with E-state index in [1.807, 2.05) is 62.4 Å². The Bertz CT molecular complexity index is 1500. The topological polar surface area (TPSA) is 73.9 Å². The summed E-state index contributed by atoms with van der Waals surface area (Å²) >= 11 is 3.69. The Labute approximate surface area is 224 Å². The Balaban J connectivity index is 1.61. The predicted octanol–water partition coefficient (Wildman–Crippen LogP) is 6.09. The van der Waals surface area contributed by atoms with Crippen LogP contribution < -0.4 is 14.8 Å². The van der Waals surface area contributed by atoms with E-state index in [2.05, 4.69) is 27.3 Å². The molecule has 0 saturated carbocycles. The van der Waals surface area contributed by atoms with Crippen molar-refractivity contribution in [3.8, 4) is 11.5 Å². The SMILES string of the molecule is COC(=O)C1=C(C)NC2=C(C(=O)c3ccccc32)[C@@H]1c1cc(OC)c(OCc2cccc(C)c2)cc1Br. The summed E-state index contributed by atoms with van der Waals surface area (Å²) in [6, 6.07) is 19.2. The fourth-order valence-corrected chi connectivity index (χ4v) is 5.58. The maximum Gasteiger partial charge on any atom is 0.336 e. The third kappa shape index (κ3) is 4.33. The highest BCUT2D eigenvalue weighted by Gasteiger charge is 2.43. The van der Waals surface area contributed by atoms with E-state index >= 15 is 0 Å². The van der Waals surface area contributed by atoms with E-state index in [0.29, 0.717) is 56.2 Å². The lowest BCUT2D eigenvalue weighted by Crippen LogP contribution is -2.29. The van der Waals surface area contributed by atoms with Crippen LogP contribution in [0.5, 0.6) is 11.5 Å². The van der Waals surface area contributed by atoms with Crippen LogP contribution in [0.1, 0.15) is 45.5 Å². The number of nitrogens with one attached hydrogen (secondary N) is 1. The molecule has 0 saturated heterocycles. The summed E-state index contributed by atoms with van der Waals surface area (Å²) in [7, 11) is 2.91. The molecule has 188 valence electrons. The second kappa shape index (κ2) is 9.90. The Hall–Kier alpha value is -3.84.